The molecule has 0 atom stereocenters. The van der Waals surface area contributed by atoms with Crippen molar-refractivity contribution in [2.75, 3.05) is 34.0 Å². The van der Waals surface area contributed by atoms with Crippen LogP contribution in [0, 0.1) is 0 Å². The fraction of sp³-hybridized carbons (Fsp3) is 0.318. The van der Waals surface area contributed by atoms with Crippen LogP contribution < -0.4 is 29.8 Å². The van der Waals surface area contributed by atoms with E-state index in [1.165, 1.54) is 0 Å². The fourth-order valence-electron chi connectivity index (χ4n) is 3.41. The molecule has 1 aliphatic heterocycles. The number of H-pyrrole nitrogens is 1. The Labute approximate surface area is 168 Å². The molecule has 0 saturated carbocycles. The first kappa shape index (κ1) is 19.1. The van der Waals surface area contributed by atoms with Crippen LogP contribution in [-0.4, -0.2) is 39.0 Å². The normalized spacial score (nSPS) is 12.8. The molecule has 1 aliphatic rings. The van der Waals surface area contributed by atoms with E-state index >= 15 is 0 Å². The summed E-state index contributed by atoms with van der Waals surface area (Å²) in [5.74, 6) is 2.80. The Morgan fingerprint density at radius 2 is 1.76 bits per heavy atom. The minimum absolute atomic E-state index is 0.104. The molecule has 2 aromatic carbocycles. The summed E-state index contributed by atoms with van der Waals surface area (Å²) in [6.45, 7) is 2.26. The van der Waals surface area contributed by atoms with E-state index in [-0.39, 0.29) is 5.56 Å². The second-order valence-corrected chi connectivity index (χ2v) is 6.82. The van der Waals surface area contributed by atoms with Crippen molar-refractivity contribution in [3.8, 4) is 23.0 Å². The van der Waals surface area contributed by atoms with Crippen molar-refractivity contribution in [2.24, 2.45) is 0 Å². The van der Waals surface area contributed by atoms with Gasteiger partial charge in [0.1, 0.15) is 13.2 Å². The van der Waals surface area contributed by atoms with Crippen molar-refractivity contribution in [2.45, 2.75) is 13.0 Å². The SMILES string of the molecule is COc1ccc(CCNCc2cc3cc4c(cc3[nH]c2=O)OCCO4)cc1OC. The Morgan fingerprint density at radius 3 is 2.52 bits per heavy atom. The van der Waals surface area contributed by atoms with Gasteiger partial charge in [-0.3, -0.25) is 4.79 Å². The molecule has 0 spiro atoms. The van der Waals surface area contributed by atoms with Crippen molar-refractivity contribution in [3.05, 3.63) is 57.9 Å². The minimum atomic E-state index is -0.104. The lowest BCUT2D eigenvalue weighted by molar-refractivity contribution is 0.172. The van der Waals surface area contributed by atoms with E-state index in [2.05, 4.69) is 10.3 Å². The van der Waals surface area contributed by atoms with E-state index in [4.69, 9.17) is 18.9 Å². The Bertz CT molecular complexity index is 1080. The molecule has 0 bridgehead atoms. The third kappa shape index (κ3) is 4.14. The van der Waals surface area contributed by atoms with Crippen molar-refractivity contribution in [1.82, 2.24) is 10.3 Å². The van der Waals surface area contributed by atoms with Gasteiger partial charge in [-0.05, 0) is 42.8 Å². The first-order chi connectivity index (χ1) is 14.2. The van der Waals surface area contributed by atoms with Crippen molar-refractivity contribution < 1.29 is 18.9 Å². The van der Waals surface area contributed by atoms with Crippen molar-refractivity contribution in [1.29, 1.82) is 0 Å². The van der Waals surface area contributed by atoms with E-state index in [1.54, 1.807) is 14.2 Å². The van der Waals surface area contributed by atoms with Gasteiger partial charge in [-0.25, -0.2) is 0 Å². The Balaban J connectivity index is 1.42. The quantitative estimate of drug-likeness (QED) is 0.598. The highest BCUT2D eigenvalue weighted by Crippen LogP contribution is 2.33. The highest BCUT2D eigenvalue weighted by molar-refractivity contribution is 5.83. The van der Waals surface area contributed by atoms with Crippen LogP contribution in [0.4, 0.5) is 0 Å². The number of benzene rings is 2. The summed E-state index contributed by atoms with van der Waals surface area (Å²) in [5.41, 5.74) is 2.45. The maximum atomic E-state index is 12.4. The standard InChI is InChI=1S/C22H24N2O5/c1-26-18-4-3-14(9-19(18)27-2)5-6-23-13-16-10-15-11-20-21(29-8-7-28-20)12-17(15)24-22(16)25/h3-4,9-12,23H,5-8,13H2,1-2H3,(H,24,25). The molecule has 0 radical (unpaired) electrons. The molecule has 4 rings (SSSR count). The lowest BCUT2D eigenvalue weighted by atomic mass is 10.1. The molecule has 0 fully saturated rings. The number of aromatic amines is 1. The van der Waals surface area contributed by atoms with Crippen molar-refractivity contribution in [3.63, 3.8) is 0 Å². The molecule has 0 saturated heterocycles. The molecular weight excluding hydrogens is 372 g/mol. The van der Waals surface area contributed by atoms with Gasteiger partial charge in [0.25, 0.3) is 5.56 Å². The van der Waals surface area contributed by atoms with Crippen LogP contribution in [-0.2, 0) is 13.0 Å². The molecule has 0 unspecified atom stereocenters. The summed E-state index contributed by atoms with van der Waals surface area (Å²) in [7, 11) is 3.25. The molecule has 0 amide bonds. The molecule has 1 aromatic heterocycles. The number of rotatable bonds is 7. The molecule has 2 heterocycles. The number of hydrogen-bond donors (Lipinski definition) is 2. The molecule has 7 heteroatoms. The number of hydrogen-bond acceptors (Lipinski definition) is 6. The zero-order valence-electron chi connectivity index (χ0n) is 16.5. The summed E-state index contributed by atoms with van der Waals surface area (Å²) < 4.78 is 21.8. The molecule has 152 valence electrons. The van der Waals surface area contributed by atoms with Gasteiger partial charge in [-0.2, -0.15) is 0 Å². The molecule has 2 N–H and O–H groups in total. The van der Waals surface area contributed by atoms with Crippen molar-refractivity contribution >= 4 is 10.9 Å². The highest BCUT2D eigenvalue weighted by atomic mass is 16.6. The number of aromatic nitrogens is 1. The van der Waals surface area contributed by atoms with Gasteiger partial charge in [0.05, 0.1) is 19.7 Å². The van der Waals surface area contributed by atoms with Crippen LogP contribution in [0.15, 0.2) is 41.2 Å². The van der Waals surface area contributed by atoms with Gasteiger partial charge in [0.2, 0.25) is 0 Å². The highest BCUT2D eigenvalue weighted by Gasteiger charge is 2.14. The van der Waals surface area contributed by atoms with Gasteiger partial charge < -0.3 is 29.2 Å². The molecule has 29 heavy (non-hydrogen) atoms. The van der Waals surface area contributed by atoms with Crippen LogP contribution in [0.3, 0.4) is 0 Å². The Hall–Kier alpha value is -3.19. The third-order valence-corrected chi connectivity index (χ3v) is 4.94. The van der Waals surface area contributed by atoms with E-state index in [1.807, 2.05) is 36.4 Å². The summed E-state index contributed by atoms with van der Waals surface area (Å²) >= 11 is 0. The number of methoxy groups -OCH3 is 2. The smallest absolute Gasteiger partial charge is 0.252 e. The van der Waals surface area contributed by atoms with E-state index < -0.39 is 0 Å². The first-order valence-electron chi connectivity index (χ1n) is 9.55. The lowest BCUT2D eigenvalue weighted by Crippen LogP contribution is -2.23. The monoisotopic (exact) mass is 396 g/mol. The van der Waals surface area contributed by atoms with Crippen LogP contribution in [0.1, 0.15) is 11.1 Å². The number of fused-ring (bicyclic) bond motifs is 2. The Morgan fingerprint density at radius 1 is 1.00 bits per heavy atom. The van der Waals surface area contributed by atoms with Gasteiger partial charge >= 0.3 is 0 Å². The summed E-state index contributed by atoms with van der Waals surface area (Å²) in [6.07, 6.45) is 0.810. The first-order valence-corrected chi connectivity index (χ1v) is 9.55. The topological polar surface area (TPSA) is 81.8 Å². The van der Waals surface area contributed by atoms with E-state index in [0.717, 1.165) is 29.4 Å². The van der Waals surface area contributed by atoms with Crippen LogP contribution >= 0.6 is 0 Å². The fourth-order valence-corrected chi connectivity index (χ4v) is 3.41. The zero-order chi connectivity index (χ0) is 20.2. The van der Waals surface area contributed by atoms with Gasteiger partial charge in [-0.15, -0.1) is 0 Å². The van der Waals surface area contributed by atoms with Crippen LogP contribution in [0.25, 0.3) is 10.9 Å². The molecule has 3 aromatic rings. The van der Waals surface area contributed by atoms with E-state index in [9.17, 15) is 4.79 Å². The molecular formula is C22H24N2O5. The van der Waals surface area contributed by atoms with Gasteiger partial charge in [0, 0.05) is 23.6 Å². The number of nitrogens with one attached hydrogen (secondary N) is 2. The molecule has 7 nitrogen and oxygen atoms in total. The number of pyridine rings is 1. The summed E-state index contributed by atoms with van der Waals surface area (Å²) in [5, 5.41) is 4.26. The van der Waals surface area contributed by atoms with Gasteiger partial charge in [-0.1, -0.05) is 6.07 Å². The van der Waals surface area contributed by atoms with E-state index in [0.29, 0.717) is 48.3 Å². The average Bonchev–Trinajstić information content (AvgIpc) is 2.75. The average molecular weight is 396 g/mol. The van der Waals surface area contributed by atoms with Crippen LogP contribution in [0.5, 0.6) is 23.0 Å². The largest absolute Gasteiger partial charge is 0.493 e. The minimum Gasteiger partial charge on any atom is -0.493 e. The summed E-state index contributed by atoms with van der Waals surface area (Å²) in [4.78, 5) is 15.4. The predicted molar refractivity (Wildman–Crippen MR) is 111 cm³/mol. The Kier molecular flexibility index (Phi) is 5.57. The van der Waals surface area contributed by atoms with Crippen LogP contribution in [0.2, 0.25) is 0 Å². The second-order valence-electron chi connectivity index (χ2n) is 6.82. The predicted octanol–water partition coefficient (Wildman–Crippen LogP) is 2.65. The number of ether oxygens (including phenoxy) is 4. The molecule has 0 aliphatic carbocycles. The summed E-state index contributed by atoms with van der Waals surface area (Å²) in [6, 6.07) is 11.5. The lowest BCUT2D eigenvalue weighted by Gasteiger charge is -2.18. The maximum absolute atomic E-state index is 12.4. The third-order valence-electron chi connectivity index (χ3n) is 4.94. The van der Waals surface area contributed by atoms with Gasteiger partial charge in [0.15, 0.2) is 23.0 Å². The second kappa shape index (κ2) is 8.45. The zero-order valence-corrected chi connectivity index (χ0v) is 16.5. The maximum Gasteiger partial charge on any atom is 0.252 e.